The van der Waals surface area contributed by atoms with Gasteiger partial charge in [0.15, 0.2) is 5.96 Å². The van der Waals surface area contributed by atoms with Gasteiger partial charge in [0.05, 0.1) is 25.4 Å². The van der Waals surface area contributed by atoms with E-state index in [-0.39, 0.29) is 36.7 Å². The summed E-state index contributed by atoms with van der Waals surface area (Å²) in [4.78, 5) is 4.37. The van der Waals surface area contributed by atoms with Crippen molar-refractivity contribution in [3.8, 4) is 0 Å². The van der Waals surface area contributed by atoms with Crippen molar-refractivity contribution >= 4 is 29.9 Å². The molecule has 0 fully saturated rings. The van der Waals surface area contributed by atoms with E-state index >= 15 is 0 Å². The first kappa shape index (κ1) is 22.1. The summed E-state index contributed by atoms with van der Waals surface area (Å²) < 4.78 is 5.70. The molecular formula is C17H30IN3O2. The van der Waals surface area contributed by atoms with Crippen LogP contribution >= 0.6 is 24.0 Å². The minimum Gasteiger partial charge on any atom is -0.389 e. The van der Waals surface area contributed by atoms with E-state index in [1.54, 1.807) is 0 Å². The smallest absolute Gasteiger partial charge is 0.191 e. The molecular weight excluding hydrogens is 405 g/mol. The molecule has 0 amide bonds. The largest absolute Gasteiger partial charge is 0.389 e. The first-order chi connectivity index (χ1) is 10.7. The molecule has 0 radical (unpaired) electrons. The third-order valence-corrected chi connectivity index (χ3v) is 3.15. The molecule has 0 spiro atoms. The standard InChI is InChI=1S/C17H29N3O2.HI/c1-4-11-19-17(18-5-2)20-12-16(21)13-22-14(3)15-9-7-6-8-10-15;/h6-10,14,16,21H,4-5,11-13H2,1-3H3,(H2,18,19,20);1H. The Kier molecular flexibility index (Phi) is 13.1. The van der Waals surface area contributed by atoms with Crippen LogP contribution in [0, 0.1) is 0 Å². The summed E-state index contributed by atoms with van der Waals surface area (Å²) in [7, 11) is 0. The van der Waals surface area contributed by atoms with Gasteiger partial charge >= 0.3 is 0 Å². The van der Waals surface area contributed by atoms with Gasteiger partial charge in [-0.3, -0.25) is 4.99 Å². The highest BCUT2D eigenvalue weighted by Gasteiger charge is 2.09. The lowest BCUT2D eigenvalue weighted by Crippen LogP contribution is -2.38. The Hall–Kier alpha value is -0.860. The summed E-state index contributed by atoms with van der Waals surface area (Å²) in [6, 6.07) is 9.99. The number of halogens is 1. The molecule has 0 heterocycles. The van der Waals surface area contributed by atoms with Crippen LogP contribution < -0.4 is 10.6 Å². The van der Waals surface area contributed by atoms with Crippen LogP contribution in [-0.4, -0.2) is 43.4 Å². The number of nitrogens with one attached hydrogen (secondary N) is 2. The maximum absolute atomic E-state index is 10.00. The minimum atomic E-state index is -0.608. The zero-order valence-electron chi connectivity index (χ0n) is 14.3. The molecule has 5 nitrogen and oxygen atoms in total. The monoisotopic (exact) mass is 435 g/mol. The molecule has 1 aromatic rings. The summed E-state index contributed by atoms with van der Waals surface area (Å²) in [5.41, 5.74) is 1.11. The number of ether oxygens (including phenoxy) is 1. The summed E-state index contributed by atoms with van der Waals surface area (Å²) in [6.07, 6.45) is 0.388. The number of aliphatic hydroxyl groups excluding tert-OH is 1. The van der Waals surface area contributed by atoms with Gasteiger partial charge in [0.2, 0.25) is 0 Å². The van der Waals surface area contributed by atoms with E-state index in [0.29, 0.717) is 6.54 Å². The van der Waals surface area contributed by atoms with Gasteiger partial charge in [-0.15, -0.1) is 24.0 Å². The van der Waals surface area contributed by atoms with Crippen LogP contribution in [0.15, 0.2) is 35.3 Å². The topological polar surface area (TPSA) is 65.9 Å². The molecule has 2 unspecified atom stereocenters. The van der Waals surface area contributed by atoms with Gasteiger partial charge in [-0.2, -0.15) is 0 Å². The summed E-state index contributed by atoms with van der Waals surface area (Å²) in [6.45, 7) is 8.36. The predicted octanol–water partition coefficient (Wildman–Crippen LogP) is 2.71. The fourth-order valence-electron chi connectivity index (χ4n) is 1.91. The molecule has 6 heteroatoms. The number of benzene rings is 1. The van der Waals surface area contributed by atoms with Crippen molar-refractivity contribution in [3.05, 3.63) is 35.9 Å². The number of aliphatic hydroxyl groups is 1. The molecule has 23 heavy (non-hydrogen) atoms. The van der Waals surface area contributed by atoms with Crippen molar-refractivity contribution < 1.29 is 9.84 Å². The number of hydrogen-bond donors (Lipinski definition) is 3. The first-order valence-corrected chi connectivity index (χ1v) is 8.04. The Morgan fingerprint density at radius 3 is 2.52 bits per heavy atom. The first-order valence-electron chi connectivity index (χ1n) is 8.04. The molecule has 0 saturated heterocycles. The van der Waals surface area contributed by atoms with Crippen LogP contribution in [0.4, 0.5) is 0 Å². The van der Waals surface area contributed by atoms with Crippen LogP contribution in [-0.2, 0) is 4.74 Å². The number of hydrogen-bond acceptors (Lipinski definition) is 3. The number of aliphatic imine (C=N–C) groups is 1. The van der Waals surface area contributed by atoms with Crippen LogP contribution in [0.3, 0.4) is 0 Å². The molecule has 1 rings (SSSR count). The van der Waals surface area contributed by atoms with Crippen LogP contribution in [0.25, 0.3) is 0 Å². The molecule has 0 aromatic heterocycles. The summed E-state index contributed by atoms with van der Waals surface area (Å²) in [5, 5.41) is 16.4. The Balaban J connectivity index is 0.00000484. The van der Waals surface area contributed by atoms with Gasteiger partial charge < -0.3 is 20.5 Å². The predicted molar refractivity (Wildman–Crippen MR) is 107 cm³/mol. The number of nitrogens with zero attached hydrogens (tertiary/aromatic N) is 1. The van der Waals surface area contributed by atoms with Crippen molar-refractivity contribution in [1.82, 2.24) is 10.6 Å². The fourth-order valence-corrected chi connectivity index (χ4v) is 1.91. The van der Waals surface area contributed by atoms with Crippen LogP contribution in [0.2, 0.25) is 0 Å². The van der Waals surface area contributed by atoms with Crippen molar-refractivity contribution in [2.75, 3.05) is 26.2 Å². The molecule has 132 valence electrons. The molecule has 1 aromatic carbocycles. The molecule has 3 N–H and O–H groups in total. The van der Waals surface area contributed by atoms with Gasteiger partial charge in [0, 0.05) is 13.1 Å². The lowest BCUT2D eigenvalue weighted by atomic mass is 10.1. The third kappa shape index (κ3) is 9.78. The van der Waals surface area contributed by atoms with E-state index in [9.17, 15) is 5.11 Å². The van der Waals surface area contributed by atoms with Crippen molar-refractivity contribution in [2.45, 2.75) is 39.4 Å². The van der Waals surface area contributed by atoms with Gasteiger partial charge in [-0.05, 0) is 25.8 Å². The van der Waals surface area contributed by atoms with Gasteiger partial charge in [-0.1, -0.05) is 37.3 Å². The second kappa shape index (κ2) is 13.6. The Labute approximate surface area is 156 Å². The second-order valence-electron chi connectivity index (χ2n) is 5.19. The zero-order valence-corrected chi connectivity index (χ0v) is 16.6. The van der Waals surface area contributed by atoms with Crippen molar-refractivity contribution in [2.24, 2.45) is 4.99 Å². The zero-order chi connectivity index (χ0) is 16.2. The SMILES string of the molecule is CCCNC(=NCC(O)COC(C)c1ccccc1)NCC.I. The second-order valence-corrected chi connectivity index (χ2v) is 5.19. The van der Waals surface area contributed by atoms with Gasteiger partial charge in [0.1, 0.15) is 0 Å². The minimum absolute atomic E-state index is 0. The van der Waals surface area contributed by atoms with E-state index in [4.69, 9.17) is 4.74 Å². The number of rotatable bonds is 9. The fraction of sp³-hybridized carbons (Fsp3) is 0.588. The number of guanidine groups is 1. The van der Waals surface area contributed by atoms with Gasteiger partial charge in [-0.25, -0.2) is 0 Å². The van der Waals surface area contributed by atoms with Gasteiger partial charge in [0.25, 0.3) is 0 Å². The Morgan fingerprint density at radius 2 is 1.91 bits per heavy atom. The molecule has 0 aliphatic rings. The quantitative estimate of drug-likeness (QED) is 0.317. The Morgan fingerprint density at radius 1 is 1.22 bits per heavy atom. The normalized spacial score (nSPS) is 13.8. The van der Waals surface area contributed by atoms with Crippen molar-refractivity contribution in [1.29, 1.82) is 0 Å². The molecule has 0 saturated carbocycles. The van der Waals surface area contributed by atoms with E-state index in [0.717, 1.165) is 31.0 Å². The molecule has 2 atom stereocenters. The van der Waals surface area contributed by atoms with E-state index < -0.39 is 6.10 Å². The van der Waals surface area contributed by atoms with Crippen molar-refractivity contribution in [3.63, 3.8) is 0 Å². The molecule has 0 aliphatic carbocycles. The van der Waals surface area contributed by atoms with Crippen LogP contribution in [0.1, 0.15) is 38.9 Å². The van der Waals surface area contributed by atoms with E-state index in [1.807, 2.05) is 44.2 Å². The van der Waals surface area contributed by atoms with Crippen LogP contribution in [0.5, 0.6) is 0 Å². The van der Waals surface area contributed by atoms with E-state index in [2.05, 4.69) is 22.5 Å². The summed E-state index contributed by atoms with van der Waals surface area (Å²) >= 11 is 0. The maximum atomic E-state index is 10.00. The third-order valence-electron chi connectivity index (χ3n) is 3.15. The summed E-state index contributed by atoms with van der Waals surface area (Å²) in [5.74, 6) is 0.736. The molecule has 0 aliphatic heterocycles. The molecule has 0 bridgehead atoms. The average molecular weight is 435 g/mol. The highest BCUT2D eigenvalue weighted by Crippen LogP contribution is 2.15. The average Bonchev–Trinajstić information content (AvgIpc) is 2.56. The highest BCUT2D eigenvalue weighted by molar-refractivity contribution is 14.0. The Bertz CT molecular complexity index is 429. The highest BCUT2D eigenvalue weighted by atomic mass is 127. The lowest BCUT2D eigenvalue weighted by molar-refractivity contribution is 0.00111. The lowest BCUT2D eigenvalue weighted by Gasteiger charge is -2.16. The maximum Gasteiger partial charge on any atom is 0.191 e. The van der Waals surface area contributed by atoms with E-state index in [1.165, 1.54) is 0 Å².